The Morgan fingerprint density at radius 3 is 2.41 bits per heavy atom. The van der Waals surface area contributed by atoms with Crippen molar-refractivity contribution in [3.8, 4) is 5.75 Å². The Morgan fingerprint density at radius 2 is 1.76 bits per heavy atom. The summed E-state index contributed by atoms with van der Waals surface area (Å²) in [7, 11) is 0. The van der Waals surface area contributed by atoms with E-state index in [1.807, 2.05) is 37.3 Å². The van der Waals surface area contributed by atoms with E-state index < -0.39 is 17.6 Å². The van der Waals surface area contributed by atoms with Crippen LogP contribution in [-0.2, 0) is 12.8 Å². The fraction of sp³-hybridized carbons (Fsp3) is 0.438. The molecule has 2 aliphatic rings. The molecule has 5 heteroatoms. The lowest BCUT2D eigenvalue weighted by atomic mass is 9.71. The third kappa shape index (κ3) is 6.75. The lowest BCUT2D eigenvalue weighted by molar-refractivity contribution is 0.0785. The predicted octanol–water partition coefficient (Wildman–Crippen LogP) is 8.31. The van der Waals surface area contributed by atoms with Gasteiger partial charge < -0.3 is 9.84 Å². The smallest absolute Gasteiger partial charge is 0.162 e. The molecule has 4 rings (SSSR count). The molecule has 2 aromatic rings. The van der Waals surface area contributed by atoms with Crippen LogP contribution < -0.4 is 4.74 Å². The molecule has 2 aromatic carbocycles. The van der Waals surface area contributed by atoms with Gasteiger partial charge in [-0.25, -0.2) is 13.2 Å². The fourth-order valence-corrected chi connectivity index (χ4v) is 5.61. The Hall–Kier alpha value is -2.79. The van der Waals surface area contributed by atoms with E-state index in [-0.39, 0.29) is 23.8 Å². The number of halogens is 3. The molecule has 2 aliphatic carbocycles. The van der Waals surface area contributed by atoms with Crippen LogP contribution in [0.25, 0.3) is 5.57 Å². The number of hydrogen-bond acceptors (Lipinski definition) is 2. The molecule has 1 saturated carbocycles. The SMILES string of the molecule is C=CCCOc1ccc(CCc2ccc(C3=CCC(C4CCC(C(C)O)CC4)C(F)=C3F)cc2)c(F)c1. The highest BCUT2D eigenvalue weighted by Gasteiger charge is 2.35. The third-order valence-electron chi connectivity index (χ3n) is 7.98. The summed E-state index contributed by atoms with van der Waals surface area (Å²) in [5.74, 6) is -1.20. The average Bonchev–Trinajstić information content (AvgIpc) is 2.90. The van der Waals surface area contributed by atoms with Crippen molar-refractivity contribution < 1.29 is 23.0 Å². The summed E-state index contributed by atoms with van der Waals surface area (Å²) >= 11 is 0. The molecule has 0 bridgehead atoms. The van der Waals surface area contributed by atoms with Crippen molar-refractivity contribution in [1.82, 2.24) is 0 Å². The zero-order valence-corrected chi connectivity index (χ0v) is 21.6. The van der Waals surface area contributed by atoms with Crippen LogP contribution in [0.1, 0.15) is 62.1 Å². The molecule has 0 aliphatic heterocycles. The molecule has 0 spiro atoms. The van der Waals surface area contributed by atoms with Gasteiger partial charge in [0.2, 0.25) is 0 Å². The van der Waals surface area contributed by atoms with Gasteiger partial charge in [0.25, 0.3) is 0 Å². The van der Waals surface area contributed by atoms with Crippen molar-refractivity contribution in [3.63, 3.8) is 0 Å². The molecule has 0 heterocycles. The van der Waals surface area contributed by atoms with Crippen molar-refractivity contribution in [2.75, 3.05) is 6.61 Å². The highest BCUT2D eigenvalue weighted by Crippen LogP contribution is 2.45. The summed E-state index contributed by atoms with van der Waals surface area (Å²) in [5.41, 5.74) is 2.58. The van der Waals surface area contributed by atoms with Gasteiger partial charge in [0.05, 0.1) is 12.7 Å². The van der Waals surface area contributed by atoms with Gasteiger partial charge in [0.1, 0.15) is 17.4 Å². The van der Waals surface area contributed by atoms with E-state index in [0.29, 0.717) is 54.7 Å². The molecule has 0 aromatic heterocycles. The van der Waals surface area contributed by atoms with Gasteiger partial charge in [-0.1, -0.05) is 42.5 Å². The second-order valence-corrected chi connectivity index (χ2v) is 10.4. The van der Waals surface area contributed by atoms with Crippen LogP contribution >= 0.6 is 0 Å². The van der Waals surface area contributed by atoms with E-state index in [0.717, 1.165) is 31.2 Å². The summed E-state index contributed by atoms with van der Waals surface area (Å²) in [6.07, 6.45) is 8.98. The zero-order valence-electron chi connectivity index (χ0n) is 21.6. The van der Waals surface area contributed by atoms with E-state index in [1.165, 1.54) is 6.07 Å². The molecule has 0 saturated heterocycles. The molecular weight excluding hydrogens is 473 g/mol. The van der Waals surface area contributed by atoms with Crippen LogP contribution in [0.4, 0.5) is 13.2 Å². The number of allylic oxidation sites excluding steroid dienone is 4. The van der Waals surface area contributed by atoms with Crippen LogP contribution in [0.2, 0.25) is 0 Å². The van der Waals surface area contributed by atoms with Gasteiger partial charge in [-0.3, -0.25) is 0 Å². The number of benzene rings is 2. The largest absolute Gasteiger partial charge is 0.493 e. The minimum Gasteiger partial charge on any atom is -0.493 e. The number of hydrogen-bond donors (Lipinski definition) is 1. The quantitative estimate of drug-likeness (QED) is 0.257. The highest BCUT2D eigenvalue weighted by molar-refractivity contribution is 5.78. The number of aryl methyl sites for hydroxylation is 2. The first-order valence-electron chi connectivity index (χ1n) is 13.4. The van der Waals surface area contributed by atoms with Crippen molar-refractivity contribution in [2.45, 2.75) is 64.4 Å². The van der Waals surface area contributed by atoms with E-state index in [9.17, 15) is 9.50 Å². The molecule has 2 atom stereocenters. The summed E-state index contributed by atoms with van der Waals surface area (Å²) < 4.78 is 50.2. The van der Waals surface area contributed by atoms with Gasteiger partial charge in [0.15, 0.2) is 5.83 Å². The Kier molecular flexibility index (Phi) is 9.31. The minimum absolute atomic E-state index is 0.120. The minimum atomic E-state index is -0.751. The van der Waals surface area contributed by atoms with E-state index in [1.54, 1.807) is 18.2 Å². The van der Waals surface area contributed by atoms with Crippen LogP contribution in [0.15, 0.2) is 72.8 Å². The van der Waals surface area contributed by atoms with Crippen molar-refractivity contribution in [3.05, 3.63) is 95.4 Å². The Morgan fingerprint density at radius 1 is 1.03 bits per heavy atom. The lowest BCUT2D eigenvalue weighted by Crippen LogP contribution is -2.28. The second kappa shape index (κ2) is 12.6. The molecule has 1 fully saturated rings. The highest BCUT2D eigenvalue weighted by atomic mass is 19.2. The first-order chi connectivity index (χ1) is 17.9. The molecule has 2 nitrogen and oxygen atoms in total. The van der Waals surface area contributed by atoms with Gasteiger partial charge >= 0.3 is 0 Å². The van der Waals surface area contributed by atoms with E-state index in [4.69, 9.17) is 4.74 Å². The first-order valence-corrected chi connectivity index (χ1v) is 13.4. The van der Waals surface area contributed by atoms with Gasteiger partial charge in [-0.05, 0) is 92.9 Å². The normalized spacial score (nSPS) is 22.9. The maximum Gasteiger partial charge on any atom is 0.162 e. The van der Waals surface area contributed by atoms with Crippen molar-refractivity contribution in [1.29, 1.82) is 0 Å². The van der Waals surface area contributed by atoms with Crippen molar-refractivity contribution in [2.24, 2.45) is 17.8 Å². The number of aliphatic hydroxyl groups excluding tert-OH is 1. The summed E-state index contributed by atoms with van der Waals surface area (Å²) in [6, 6.07) is 12.4. The number of rotatable bonds is 10. The second-order valence-electron chi connectivity index (χ2n) is 10.4. The number of ether oxygens (including phenoxy) is 1. The average molecular weight is 511 g/mol. The molecular formula is C32H37F3O2. The van der Waals surface area contributed by atoms with E-state index >= 15 is 8.78 Å². The topological polar surface area (TPSA) is 29.5 Å². The Balaban J connectivity index is 1.34. The summed E-state index contributed by atoms with van der Waals surface area (Å²) in [6.45, 7) is 5.92. The molecule has 0 radical (unpaired) electrons. The Labute approximate surface area is 218 Å². The summed E-state index contributed by atoms with van der Waals surface area (Å²) in [4.78, 5) is 0. The van der Waals surface area contributed by atoms with Crippen molar-refractivity contribution >= 4 is 5.57 Å². The fourth-order valence-electron chi connectivity index (χ4n) is 5.61. The molecule has 0 amide bonds. The van der Waals surface area contributed by atoms with Crippen LogP contribution in [-0.4, -0.2) is 17.8 Å². The molecule has 2 unspecified atom stereocenters. The zero-order chi connectivity index (χ0) is 26.4. The summed E-state index contributed by atoms with van der Waals surface area (Å²) in [5, 5.41) is 9.82. The van der Waals surface area contributed by atoms with Crippen LogP contribution in [0.5, 0.6) is 5.75 Å². The van der Waals surface area contributed by atoms with Gasteiger partial charge in [0, 0.05) is 17.6 Å². The van der Waals surface area contributed by atoms with Gasteiger partial charge in [-0.2, -0.15) is 0 Å². The van der Waals surface area contributed by atoms with Crippen LogP contribution in [0, 0.1) is 23.6 Å². The molecule has 1 N–H and O–H groups in total. The van der Waals surface area contributed by atoms with Gasteiger partial charge in [-0.15, -0.1) is 6.58 Å². The monoisotopic (exact) mass is 510 g/mol. The first kappa shape index (κ1) is 27.3. The van der Waals surface area contributed by atoms with E-state index in [2.05, 4.69) is 6.58 Å². The molecule has 37 heavy (non-hydrogen) atoms. The Bertz CT molecular complexity index is 1130. The third-order valence-corrected chi connectivity index (χ3v) is 7.98. The number of aliphatic hydroxyl groups is 1. The predicted molar refractivity (Wildman–Crippen MR) is 143 cm³/mol. The maximum atomic E-state index is 15.1. The standard InChI is InChI=1S/C32H37F3O2/c1-3-4-19-37-27-16-15-26(30(33)20-27)10-7-22-5-8-24(9-6-22)28-17-18-29(32(35)31(28)34)25-13-11-23(12-14-25)21(2)36/h3,5-6,8-9,15-17,20-21,23,25,29,36H,1,4,7,10-14,18-19H2,2H3. The lowest BCUT2D eigenvalue weighted by Gasteiger charge is -2.35. The van der Waals surface area contributed by atoms with Crippen LogP contribution in [0.3, 0.4) is 0 Å². The maximum absolute atomic E-state index is 15.1. The molecule has 198 valence electrons.